The maximum absolute atomic E-state index is 8.83. The quantitative estimate of drug-likeness (QED) is 0.718. The predicted octanol–water partition coefficient (Wildman–Crippen LogP) is 1.39. The topological polar surface area (TPSA) is 44.3 Å². The maximum Gasteiger partial charge on any atom is 0.0471 e. The number of hydrogen-bond donors (Lipinski definition) is 3. The molecule has 1 aromatic rings. The molecule has 1 heterocycles. The van der Waals surface area contributed by atoms with Gasteiger partial charge >= 0.3 is 0 Å². The summed E-state index contributed by atoms with van der Waals surface area (Å²) < 4.78 is 0. The van der Waals surface area contributed by atoms with Gasteiger partial charge in [0, 0.05) is 24.9 Å². The van der Waals surface area contributed by atoms with Crippen LogP contribution in [0.3, 0.4) is 0 Å². The van der Waals surface area contributed by atoms with E-state index in [0.29, 0.717) is 6.04 Å². The van der Waals surface area contributed by atoms with E-state index in [4.69, 9.17) is 5.11 Å². The van der Waals surface area contributed by atoms with Gasteiger partial charge in [0.15, 0.2) is 0 Å². The molecule has 0 aliphatic carbocycles. The van der Waals surface area contributed by atoms with E-state index in [1.807, 2.05) is 0 Å². The Labute approximate surface area is 96.9 Å². The number of rotatable bonds is 4. The summed E-state index contributed by atoms with van der Waals surface area (Å²) in [5.74, 6) is 0. The van der Waals surface area contributed by atoms with Crippen LogP contribution in [0, 0.1) is 0 Å². The van der Waals surface area contributed by atoms with E-state index >= 15 is 0 Å². The molecule has 0 saturated carbocycles. The molecule has 3 nitrogen and oxygen atoms in total. The number of piperidine rings is 1. The fourth-order valence-electron chi connectivity index (χ4n) is 2.11. The van der Waals surface area contributed by atoms with Gasteiger partial charge in [0.25, 0.3) is 0 Å². The molecule has 3 heteroatoms. The molecule has 1 saturated heterocycles. The molecule has 1 fully saturated rings. The lowest BCUT2D eigenvalue weighted by Gasteiger charge is -2.24. The van der Waals surface area contributed by atoms with Crippen LogP contribution in [0.15, 0.2) is 24.3 Å². The van der Waals surface area contributed by atoms with Crippen molar-refractivity contribution in [2.24, 2.45) is 0 Å². The molecule has 1 aliphatic rings. The minimum Gasteiger partial charge on any atom is -0.396 e. The maximum atomic E-state index is 8.83. The average Bonchev–Trinajstić information content (AvgIpc) is 2.33. The Kier molecular flexibility index (Phi) is 4.19. The monoisotopic (exact) mass is 220 g/mol. The molecule has 1 atom stereocenters. The van der Waals surface area contributed by atoms with Gasteiger partial charge in [0.2, 0.25) is 0 Å². The third kappa shape index (κ3) is 3.22. The molecular weight excluding hydrogens is 200 g/mol. The van der Waals surface area contributed by atoms with E-state index in [1.165, 1.54) is 24.1 Å². The zero-order valence-corrected chi connectivity index (χ0v) is 9.58. The van der Waals surface area contributed by atoms with Crippen molar-refractivity contribution in [3.8, 4) is 0 Å². The lowest BCUT2D eigenvalue weighted by atomic mass is 10.1. The SMILES string of the molecule is OCCc1ccc(NC2CCCNC2)cc1. The Morgan fingerprint density at radius 3 is 2.75 bits per heavy atom. The Hall–Kier alpha value is -1.06. The smallest absolute Gasteiger partial charge is 0.0471 e. The van der Waals surface area contributed by atoms with Gasteiger partial charge in [-0.2, -0.15) is 0 Å². The van der Waals surface area contributed by atoms with Crippen molar-refractivity contribution in [3.05, 3.63) is 29.8 Å². The molecule has 16 heavy (non-hydrogen) atoms. The molecular formula is C13H20N2O. The predicted molar refractivity (Wildman–Crippen MR) is 66.7 cm³/mol. The van der Waals surface area contributed by atoms with E-state index in [9.17, 15) is 0 Å². The molecule has 0 amide bonds. The van der Waals surface area contributed by atoms with Crippen LogP contribution in [0.2, 0.25) is 0 Å². The normalized spacial score (nSPS) is 20.7. The van der Waals surface area contributed by atoms with Crippen molar-refractivity contribution < 1.29 is 5.11 Å². The number of benzene rings is 1. The number of anilines is 1. The highest BCUT2D eigenvalue weighted by Crippen LogP contribution is 2.13. The van der Waals surface area contributed by atoms with Gasteiger partial charge in [-0.25, -0.2) is 0 Å². The van der Waals surface area contributed by atoms with Gasteiger partial charge in [-0.1, -0.05) is 12.1 Å². The zero-order valence-electron chi connectivity index (χ0n) is 9.58. The molecule has 0 aromatic heterocycles. The minimum atomic E-state index is 0.222. The summed E-state index contributed by atoms with van der Waals surface area (Å²) in [6, 6.07) is 8.90. The summed E-state index contributed by atoms with van der Waals surface area (Å²) in [5.41, 5.74) is 2.37. The molecule has 1 aliphatic heterocycles. The van der Waals surface area contributed by atoms with Crippen LogP contribution in [0.5, 0.6) is 0 Å². The van der Waals surface area contributed by atoms with Gasteiger partial charge in [-0.05, 0) is 43.5 Å². The average molecular weight is 220 g/mol. The highest BCUT2D eigenvalue weighted by molar-refractivity contribution is 5.45. The summed E-state index contributed by atoms with van der Waals surface area (Å²) >= 11 is 0. The molecule has 1 unspecified atom stereocenters. The molecule has 2 rings (SSSR count). The third-order valence-corrected chi connectivity index (χ3v) is 3.02. The third-order valence-electron chi connectivity index (χ3n) is 3.02. The molecule has 3 N–H and O–H groups in total. The van der Waals surface area contributed by atoms with Crippen molar-refractivity contribution in [1.29, 1.82) is 0 Å². The second kappa shape index (κ2) is 5.87. The highest BCUT2D eigenvalue weighted by atomic mass is 16.2. The van der Waals surface area contributed by atoms with E-state index in [0.717, 1.165) is 19.5 Å². The first-order chi connectivity index (χ1) is 7.88. The van der Waals surface area contributed by atoms with E-state index in [2.05, 4.69) is 34.9 Å². The highest BCUT2D eigenvalue weighted by Gasteiger charge is 2.11. The first-order valence-corrected chi connectivity index (χ1v) is 6.05. The van der Waals surface area contributed by atoms with Crippen LogP contribution in [-0.2, 0) is 6.42 Å². The Bertz CT molecular complexity index is 304. The standard InChI is InChI=1S/C13H20N2O/c16-9-7-11-3-5-12(6-4-11)15-13-2-1-8-14-10-13/h3-6,13-16H,1-2,7-10H2. The zero-order chi connectivity index (χ0) is 11.2. The summed E-state index contributed by atoms with van der Waals surface area (Å²) in [6.45, 7) is 2.42. The van der Waals surface area contributed by atoms with Crippen LogP contribution >= 0.6 is 0 Å². The second-order valence-electron chi connectivity index (χ2n) is 4.36. The van der Waals surface area contributed by atoms with Crippen LogP contribution in [0.4, 0.5) is 5.69 Å². The van der Waals surface area contributed by atoms with Crippen molar-refractivity contribution in [2.75, 3.05) is 25.0 Å². The van der Waals surface area contributed by atoms with Crippen LogP contribution in [0.1, 0.15) is 18.4 Å². The molecule has 88 valence electrons. The molecule has 0 bridgehead atoms. The van der Waals surface area contributed by atoms with Crippen LogP contribution < -0.4 is 10.6 Å². The van der Waals surface area contributed by atoms with Gasteiger partial charge in [0.05, 0.1) is 0 Å². The molecule has 0 radical (unpaired) electrons. The minimum absolute atomic E-state index is 0.222. The summed E-state index contributed by atoms with van der Waals surface area (Å²) in [6.07, 6.45) is 3.23. The first-order valence-electron chi connectivity index (χ1n) is 6.05. The number of aliphatic hydroxyl groups is 1. The Morgan fingerprint density at radius 2 is 2.12 bits per heavy atom. The van der Waals surface area contributed by atoms with Gasteiger partial charge in [-0.3, -0.25) is 0 Å². The molecule has 0 spiro atoms. The fourth-order valence-corrected chi connectivity index (χ4v) is 2.11. The van der Waals surface area contributed by atoms with E-state index in [1.54, 1.807) is 0 Å². The second-order valence-corrected chi connectivity index (χ2v) is 4.36. The van der Waals surface area contributed by atoms with Crippen LogP contribution in [0.25, 0.3) is 0 Å². The van der Waals surface area contributed by atoms with Gasteiger partial charge < -0.3 is 15.7 Å². The van der Waals surface area contributed by atoms with Gasteiger partial charge in [0.1, 0.15) is 0 Å². The van der Waals surface area contributed by atoms with Gasteiger partial charge in [-0.15, -0.1) is 0 Å². The van der Waals surface area contributed by atoms with Crippen molar-refractivity contribution in [1.82, 2.24) is 5.32 Å². The van der Waals surface area contributed by atoms with E-state index in [-0.39, 0.29) is 6.61 Å². The fraction of sp³-hybridized carbons (Fsp3) is 0.538. The lowest BCUT2D eigenvalue weighted by Crippen LogP contribution is -2.38. The van der Waals surface area contributed by atoms with Crippen LogP contribution in [-0.4, -0.2) is 30.8 Å². The number of aliphatic hydroxyl groups excluding tert-OH is 1. The lowest BCUT2D eigenvalue weighted by molar-refractivity contribution is 0.299. The van der Waals surface area contributed by atoms with E-state index < -0.39 is 0 Å². The Balaban J connectivity index is 1.88. The summed E-state index contributed by atoms with van der Waals surface area (Å²) in [5, 5.41) is 15.7. The Morgan fingerprint density at radius 1 is 1.31 bits per heavy atom. The first kappa shape index (κ1) is 11.4. The van der Waals surface area contributed by atoms with Crippen molar-refractivity contribution in [2.45, 2.75) is 25.3 Å². The number of hydrogen-bond acceptors (Lipinski definition) is 3. The summed E-state index contributed by atoms with van der Waals surface area (Å²) in [4.78, 5) is 0. The largest absolute Gasteiger partial charge is 0.396 e. The van der Waals surface area contributed by atoms with Crippen molar-refractivity contribution >= 4 is 5.69 Å². The number of nitrogens with one attached hydrogen (secondary N) is 2. The molecule has 1 aromatic carbocycles. The van der Waals surface area contributed by atoms with Crippen molar-refractivity contribution in [3.63, 3.8) is 0 Å². The summed E-state index contributed by atoms with van der Waals surface area (Å²) in [7, 11) is 0.